The van der Waals surface area contributed by atoms with Crippen molar-refractivity contribution in [1.29, 1.82) is 0 Å². The monoisotopic (exact) mass is 505 g/mol. The summed E-state index contributed by atoms with van der Waals surface area (Å²) in [5.74, 6) is -0.0804. The van der Waals surface area contributed by atoms with E-state index in [4.69, 9.17) is 18.9 Å². The number of hydrogen-bond acceptors (Lipinski definition) is 7. The van der Waals surface area contributed by atoms with Gasteiger partial charge in [0.1, 0.15) is 11.5 Å². The number of pyridine rings is 1. The zero-order valence-electron chi connectivity index (χ0n) is 21.3. The number of nitrogens with one attached hydrogen (secondary N) is 1. The molecule has 1 saturated heterocycles. The molecule has 1 unspecified atom stereocenters. The Morgan fingerprint density at radius 3 is 2.16 bits per heavy atom. The third-order valence-corrected chi connectivity index (χ3v) is 6.34. The van der Waals surface area contributed by atoms with Crippen molar-refractivity contribution in [3.05, 3.63) is 82.7 Å². The van der Waals surface area contributed by atoms with Crippen molar-refractivity contribution in [3.8, 4) is 23.0 Å². The van der Waals surface area contributed by atoms with Crippen LogP contribution in [-0.2, 0) is 16.1 Å². The number of methoxy groups -OCH3 is 4. The maximum atomic E-state index is 13.4. The van der Waals surface area contributed by atoms with Crippen molar-refractivity contribution in [2.24, 2.45) is 0 Å². The number of carbonyl (C=O) groups is 2. The molecule has 192 valence electrons. The summed E-state index contributed by atoms with van der Waals surface area (Å²) in [5.41, 5.74) is 2.41. The van der Waals surface area contributed by atoms with Crippen LogP contribution in [0.15, 0.2) is 60.4 Å². The summed E-state index contributed by atoms with van der Waals surface area (Å²) < 4.78 is 21.8. The van der Waals surface area contributed by atoms with Crippen LogP contribution in [0.5, 0.6) is 23.0 Å². The molecule has 1 fully saturated rings. The number of aryl methyl sites for hydroxylation is 1. The molecule has 37 heavy (non-hydrogen) atoms. The highest BCUT2D eigenvalue weighted by molar-refractivity contribution is 6.46. The van der Waals surface area contributed by atoms with Gasteiger partial charge in [0.05, 0.1) is 46.6 Å². The fraction of sp³-hybridized carbons (Fsp3) is 0.250. The summed E-state index contributed by atoms with van der Waals surface area (Å²) in [5, 5.41) is 11.4. The maximum absolute atomic E-state index is 13.4. The van der Waals surface area contributed by atoms with Crippen molar-refractivity contribution >= 4 is 17.4 Å². The average Bonchev–Trinajstić information content (AvgIpc) is 3.17. The molecule has 2 heterocycles. The SMILES string of the molecule is COc1ccc(C(O)=C2C(=O)C(=O)N(Cc3ccc[nH+]c3)C2c2cc(OC)c(OC)c(OC)c2)cc1C. The number of ether oxygens (including phenoxy) is 4. The van der Waals surface area contributed by atoms with E-state index in [0.29, 0.717) is 34.1 Å². The van der Waals surface area contributed by atoms with Gasteiger partial charge >= 0.3 is 0 Å². The number of carbonyl (C=O) groups excluding carboxylic acids is 2. The minimum Gasteiger partial charge on any atom is -0.507 e. The van der Waals surface area contributed by atoms with E-state index < -0.39 is 17.7 Å². The number of likely N-dealkylation sites (tertiary alicyclic amines) is 1. The molecule has 0 radical (unpaired) electrons. The summed E-state index contributed by atoms with van der Waals surface area (Å²) in [6.07, 6.45) is 3.50. The number of benzene rings is 2. The fourth-order valence-electron chi connectivity index (χ4n) is 4.56. The van der Waals surface area contributed by atoms with Gasteiger partial charge in [0.15, 0.2) is 23.9 Å². The highest BCUT2D eigenvalue weighted by Crippen LogP contribution is 2.46. The van der Waals surface area contributed by atoms with Crippen molar-refractivity contribution in [1.82, 2.24) is 4.90 Å². The fourth-order valence-corrected chi connectivity index (χ4v) is 4.56. The third-order valence-electron chi connectivity index (χ3n) is 6.34. The first-order valence-electron chi connectivity index (χ1n) is 11.5. The van der Waals surface area contributed by atoms with Gasteiger partial charge in [-0.05, 0) is 54.4 Å². The summed E-state index contributed by atoms with van der Waals surface area (Å²) >= 11 is 0. The van der Waals surface area contributed by atoms with E-state index in [2.05, 4.69) is 4.98 Å². The highest BCUT2D eigenvalue weighted by atomic mass is 16.5. The van der Waals surface area contributed by atoms with Crippen molar-refractivity contribution in [2.75, 3.05) is 28.4 Å². The van der Waals surface area contributed by atoms with Gasteiger partial charge in [0.25, 0.3) is 11.7 Å². The first-order chi connectivity index (χ1) is 17.8. The number of hydrogen-bond donors (Lipinski definition) is 1. The van der Waals surface area contributed by atoms with Crippen LogP contribution >= 0.6 is 0 Å². The van der Waals surface area contributed by atoms with Gasteiger partial charge in [0, 0.05) is 17.2 Å². The molecule has 9 heteroatoms. The average molecular weight is 506 g/mol. The van der Waals surface area contributed by atoms with E-state index >= 15 is 0 Å². The lowest BCUT2D eigenvalue weighted by atomic mass is 9.94. The van der Waals surface area contributed by atoms with E-state index in [1.54, 1.807) is 55.9 Å². The second-order valence-corrected chi connectivity index (χ2v) is 8.48. The standard InChI is InChI=1S/C28H28N2O7/c1-16-11-18(8-9-20(16)34-2)25(31)23-24(19-12-21(35-3)27(37-5)22(13-19)36-4)30(28(33)26(23)32)15-17-7-6-10-29-14-17/h6-14,24,31H,15H2,1-5H3/p+1. The Morgan fingerprint density at radius 1 is 0.946 bits per heavy atom. The molecule has 1 atom stereocenters. The molecule has 1 amide bonds. The molecule has 2 aromatic carbocycles. The van der Waals surface area contributed by atoms with Gasteiger partial charge in [-0.3, -0.25) is 9.59 Å². The van der Waals surface area contributed by atoms with E-state index in [1.807, 2.05) is 13.0 Å². The molecule has 0 saturated carbocycles. The van der Waals surface area contributed by atoms with E-state index in [-0.39, 0.29) is 17.9 Å². The van der Waals surface area contributed by atoms with Crippen molar-refractivity contribution in [3.63, 3.8) is 0 Å². The quantitative estimate of drug-likeness (QED) is 0.284. The lowest BCUT2D eigenvalue weighted by Crippen LogP contribution is -2.29. The first-order valence-corrected chi connectivity index (χ1v) is 11.5. The Labute approximate surface area is 214 Å². The predicted molar refractivity (Wildman–Crippen MR) is 135 cm³/mol. The van der Waals surface area contributed by atoms with Gasteiger partial charge in [-0.15, -0.1) is 0 Å². The zero-order valence-corrected chi connectivity index (χ0v) is 21.3. The van der Waals surface area contributed by atoms with Crippen LogP contribution in [0.2, 0.25) is 0 Å². The third kappa shape index (κ3) is 4.67. The molecule has 9 nitrogen and oxygen atoms in total. The zero-order chi connectivity index (χ0) is 26.7. The number of aromatic nitrogens is 1. The lowest BCUT2D eigenvalue weighted by Gasteiger charge is -2.26. The van der Waals surface area contributed by atoms with Crippen LogP contribution in [0.1, 0.15) is 28.3 Å². The number of aromatic amines is 1. The van der Waals surface area contributed by atoms with Gasteiger partial charge < -0.3 is 29.0 Å². The summed E-state index contributed by atoms with van der Waals surface area (Å²) in [4.78, 5) is 31.2. The van der Waals surface area contributed by atoms with Gasteiger partial charge in [0.2, 0.25) is 5.75 Å². The number of aliphatic hydroxyl groups is 1. The largest absolute Gasteiger partial charge is 0.507 e. The normalized spacial score (nSPS) is 16.6. The number of ketones is 1. The lowest BCUT2D eigenvalue weighted by molar-refractivity contribution is -0.378. The van der Waals surface area contributed by atoms with Crippen molar-refractivity contribution in [2.45, 2.75) is 19.5 Å². The number of rotatable bonds is 8. The Hall–Kier alpha value is -4.53. The topological polar surface area (TPSA) is 109 Å². The number of nitrogens with zero attached hydrogens (tertiary/aromatic N) is 1. The highest BCUT2D eigenvalue weighted by Gasteiger charge is 2.46. The van der Waals surface area contributed by atoms with Crippen LogP contribution in [0.3, 0.4) is 0 Å². The maximum Gasteiger partial charge on any atom is 0.295 e. The predicted octanol–water partition coefficient (Wildman–Crippen LogP) is 3.47. The van der Waals surface area contributed by atoms with Crippen LogP contribution < -0.4 is 23.9 Å². The number of amides is 1. The van der Waals surface area contributed by atoms with E-state index in [9.17, 15) is 14.7 Å². The molecular formula is C28H29N2O7+. The molecule has 1 aliphatic heterocycles. The Balaban J connectivity index is 1.95. The first kappa shape index (κ1) is 25.6. The molecule has 1 aromatic heterocycles. The number of aliphatic hydroxyl groups excluding tert-OH is 1. The van der Waals surface area contributed by atoms with Crippen LogP contribution in [0, 0.1) is 6.92 Å². The Kier molecular flexibility index (Phi) is 7.33. The minimum absolute atomic E-state index is 0.0382. The van der Waals surface area contributed by atoms with E-state index in [0.717, 1.165) is 11.1 Å². The summed E-state index contributed by atoms with van der Waals surface area (Å²) in [6.45, 7) is 1.96. The molecule has 1 aliphatic rings. The Bertz CT molecular complexity index is 1340. The van der Waals surface area contributed by atoms with Crippen LogP contribution in [-0.4, -0.2) is 50.1 Å². The smallest absolute Gasteiger partial charge is 0.295 e. The van der Waals surface area contributed by atoms with E-state index in [1.165, 1.54) is 26.2 Å². The van der Waals surface area contributed by atoms with Crippen molar-refractivity contribution < 1.29 is 38.6 Å². The second-order valence-electron chi connectivity index (χ2n) is 8.48. The molecule has 0 spiro atoms. The van der Waals surface area contributed by atoms with Gasteiger partial charge in [-0.2, -0.15) is 0 Å². The van der Waals surface area contributed by atoms with Gasteiger partial charge in [-0.25, -0.2) is 4.98 Å². The Morgan fingerprint density at radius 2 is 1.62 bits per heavy atom. The van der Waals surface area contributed by atoms with Gasteiger partial charge in [-0.1, -0.05) is 0 Å². The molecule has 0 aliphatic carbocycles. The van der Waals surface area contributed by atoms with Crippen LogP contribution in [0.25, 0.3) is 5.76 Å². The summed E-state index contributed by atoms with van der Waals surface area (Å²) in [7, 11) is 6.01. The molecule has 2 N–H and O–H groups in total. The molecular weight excluding hydrogens is 476 g/mol. The number of H-pyrrole nitrogens is 1. The minimum atomic E-state index is -0.920. The molecule has 3 aromatic rings. The van der Waals surface area contributed by atoms with Crippen LogP contribution in [0.4, 0.5) is 0 Å². The second kappa shape index (κ2) is 10.6. The molecule has 4 rings (SSSR count). The molecule has 0 bridgehead atoms. The number of Topliss-reactive ketones (excluding diaryl/α,β-unsaturated/α-hetero) is 1. The summed E-state index contributed by atoms with van der Waals surface area (Å²) in [6, 6.07) is 11.1.